The Morgan fingerprint density at radius 1 is 1.20 bits per heavy atom. The molecule has 1 saturated heterocycles. The molecule has 0 bridgehead atoms. The molecular formula is C16H15NO3. The number of benzene rings is 2. The maximum atomic E-state index is 12.2. The van der Waals surface area contributed by atoms with E-state index in [1.165, 1.54) is 7.11 Å². The van der Waals surface area contributed by atoms with Gasteiger partial charge in [0, 0.05) is 18.4 Å². The molecule has 1 fully saturated rings. The third kappa shape index (κ3) is 2.03. The van der Waals surface area contributed by atoms with Crippen molar-refractivity contribution in [1.82, 2.24) is 0 Å². The van der Waals surface area contributed by atoms with Crippen LogP contribution >= 0.6 is 0 Å². The highest BCUT2D eigenvalue weighted by Crippen LogP contribution is 2.31. The second kappa shape index (κ2) is 4.96. The van der Waals surface area contributed by atoms with Crippen molar-refractivity contribution in [2.75, 3.05) is 18.6 Å². The van der Waals surface area contributed by atoms with E-state index in [0.717, 1.165) is 16.5 Å². The third-order valence-corrected chi connectivity index (χ3v) is 3.72. The largest absolute Gasteiger partial charge is 0.469 e. The monoisotopic (exact) mass is 269 g/mol. The molecule has 0 spiro atoms. The Kier molecular flexibility index (Phi) is 3.14. The number of rotatable bonds is 2. The van der Waals surface area contributed by atoms with E-state index in [4.69, 9.17) is 4.74 Å². The molecule has 2 aromatic rings. The van der Waals surface area contributed by atoms with Gasteiger partial charge in [0.05, 0.1) is 18.7 Å². The van der Waals surface area contributed by atoms with Crippen molar-refractivity contribution in [2.45, 2.75) is 6.42 Å². The fraction of sp³-hybridized carbons (Fsp3) is 0.250. The molecule has 1 aliphatic heterocycles. The SMILES string of the molecule is COC(=O)[C@H]1CC(=O)N(c2cccc3ccccc23)C1. The molecule has 1 heterocycles. The van der Waals surface area contributed by atoms with E-state index in [1.54, 1.807) is 4.90 Å². The predicted octanol–water partition coefficient (Wildman–Crippen LogP) is 2.37. The smallest absolute Gasteiger partial charge is 0.311 e. The van der Waals surface area contributed by atoms with Gasteiger partial charge in [0.15, 0.2) is 0 Å². The molecule has 0 unspecified atom stereocenters. The first-order chi connectivity index (χ1) is 9.70. The van der Waals surface area contributed by atoms with Gasteiger partial charge < -0.3 is 9.64 Å². The number of fused-ring (bicyclic) bond motifs is 1. The van der Waals surface area contributed by atoms with Crippen molar-refractivity contribution >= 4 is 28.3 Å². The van der Waals surface area contributed by atoms with Gasteiger partial charge in [-0.3, -0.25) is 9.59 Å². The molecule has 2 aromatic carbocycles. The number of methoxy groups -OCH3 is 1. The molecule has 0 radical (unpaired) electrons. The maximum absolute atomic E-state index is 12.2. The summed E-state index contributed by atoms with van der Waals surface area (Å²) in [4.78, 5) is 25.5. The van der Waals surface area contributed by atoms with Crippen molar-refractivity contribution in [2.24, 2.45) is 5.92 Å². The Morgan fingerprint density at radius 3 is 2.75 bits per heavy atom. The zero-order valence-electron chi connectivity index (χ0n) is 11.2. The summed E-state index contributed by atoms with van der Waals surface area (Å²) in [5, 5.41) is 2.10. The number of hydrogen-bond acceptors (Lipinski definition) is 3. The molecular weight excluding hydrogens is 254 g/mol. The van der Waals surface area contributed by atoms with Crippen molar-refractivity contribution in [3.8, 4) is 0 Å². The highest BCUT2D eigenvalue weighted by Gasteiger charge is 2.36. The number of amides is 1. The van der Waals surface area contributed by atoms with Crippen LogP contribution in [-0.4, -0.2) is 25.5 Å². The topological polar surface area (TPSA) is 46.6 Å². The van der Waals surface area contributed by atoms with Gasteiger partial charge in [0.1, 0.15) is 0 Å². The van der Waals surface area contributed by atoms with Crippen molar-refractivity contribution < 1.29 is 14.3 Å². The highest BCUT2D eigenvalue weighted by molar-refractivity contribution is 6.06. The van der Waals surface area contributed by atoms with E-state index < -0.39 is 0 Å². The lowest BCUT2D eigenvalue weighted by Gasteiger charge is -2.18. The summed E-state index contributed by atoms with van der Waals surface area (Å²) in [6.07, 6.45) is 0.218. The Labute approximate surface area is 116 Å². The number of carbonyl (C=O) groups excluding carboxylic acids is 2. The fourth-order valence-electron chi connectivity index (χ4n) is 2.71. The number of hydrogen-bond donors (Lipinski definition) is 0. The molecule has 20 heavy (non-hydrogen) atoms. The van der Waals surface area contributed by atoms with Gasteiger partial charge in [0.25, 0.3) is 0 Å². The van der Waals surface area contributed by atoms with Crippen LogP contribution in [0.25, 0.3) is 10.8 Å². The summed E-state index contributed by atoms with van der Waals surface area (Å²) in [5.41, 5.74) is 0.861. The lowest BCUT2D eigenvalue weighted by molar-refractivity contribution is -0.145. The van der Waals surface area contributed by atoms with Crippen LogP contribution in [0.2, 0.25) is 0 Å². The van der Waals surface area contributed by atoms with E-state index in [-0.39, 0.29) is 24.2 Å². The van der Waals surface area contributed by atoms with E-state index in [1.807, 2.05) is 42.5 Å². The molecule has 4 nitrogen and oxygen atoms in total. The Morgan fingerprint density at radius 2 is 1.95 bits per heavy atom. The average molecular weight is 269 g/mol. The van der Waals surface area contributed by atoms with E-state index in [9.17, 15) is 9.59 Å². The summed E-state index contributed by atoms with van der Waals surface area (Å²) < 4.78 is 4.74. The normalized spacial score (nSPS) is 18.6. The fourth-order valence-corrected chi connectivity index (χ4v) is 2.71. The predicted molar refractivity (Wildman–Crippen MR) is 76.4 cm³/mol. The van der Waals surface area contributed by atoms with Crippen LogP contribution in [0.3, 0.4) is 0 Å². The van der Waals surface area contributed by atoms with Gasteiger partial charge in [-0.2, -0.15) is 0 Å². The quantitative estimate of drug-likeness (QED) is 0.786. The van der Waals surface area contributed by atoms with E-state index in [0.29, 0.717) is 6.54 Å². The molecule has 0 N–H and O–H groups in total. The van der Waals surface area contributed by atoms with E-state index in [2.05, 4.69) is 0 Å². The molecule has 4 heteroatoms. The van der Waals surface area contributed by atoms with Gasteiger partial charge in [-0.1, -0.05) is 36.4 Å². The van der Waals surface area contributed by atoms with Crippen LogP contribution < -0.4 is 4.90 Å². The summed E-state index contributed by atoms with van der Waals surface area (Å²) in [5.74, 6) is -0.718. The lowest BCUT2D eigenvalue weighted by Crippen LogP contribution is -2.26. The van der Waals surface area contributed by atoms with Crippen LogP contribution in [0.4, 0.5) is 5.69 Å². The summed E-state index contributed by atoms with van der Waals surface area (Å²) in [7, 11) is 1.35. The van der Waals surface area contributed by atoms with Crippen molar-refractivity contribution in [3.05, 3.63) is 42.5 Å². The standard InChI is InChI=1S/C16H15NO3/c1-20-16(19)12-9-15(18)17(10-12)14-8-4-6-11-5-2-3-7-13(11)14/h2-8,12H,9-10H2,1H3/t12-/m0/s1. The van der Waals surface area contributed by atoms with Gasteiger partial charge in [-0.05, 0) is 11.5 Å². The van der Waals surface area contributed by atoms with Gasteiger partial charge in [-0.15, -0.1) is 0 Å². The van der Waals surface area contributed by atoms with Crippen LogP contribution in [0.1, 0.15) is 6.42 Å². The number of ether oxygens (including phenoxy) is 1. The minimum atomic E-state index is -0.369. The number of anilines is 1. The second-order valence-corrected chi connectivity index (χ2v) is 4.93. The van der Waals surface area contributed by atoms with Gasteiger partial charge in [0.2, 0.25) is 5.91 Å². The molecule has 1 atom stereocenters. The van der Waals surface area contributed by atoms with Crippen LogP contribution in [-0.2, 0) is 14.3 Å². The minimum Gasteiger partial charge on any atom is -0.469 e. The zero-order chi connectivity index (χ0) is 14.1. The zero-order valence-corrected chi connectivity index (χ0v) is 11.2. The number of nitrogens with zero attached hydrogens (tertiary/aromatic N) is 1. The molecule has 1 aliphatic rings. The van der Waals surface area contributed by atoms with Crippen LogP contribution in [0.15, 0.2) is 42.5 Å². The number of esters is 1. The average Bonchev–Trinajstić information content (AvgIpc) is 2.87. The lowest BCUT2D eigenvalue weighted by atomic mass is 10.1. The summed E-state index contributed by atoms with van der Waals surface area (Å²) in [6.45, 7) is 0.388. The minimum absolute atomic E-state index is 0.0308. The Hall–Kier alpha value is -2.36. The first-order valence-electron chi connectivity index (χ1n) is 6.56. The first kappa shape index (κ1) is 12.7. The van der Waals surface area contributed by atoms with Crippen molar-refractivity contribution in [3.63, 3.8) is 0 Å². The molecule has 0 aliphatic carbocycles. The molecule has 3 rings (SSSR count). The summed E-state index contributed by atoms with van der Waals surface area (Å²) >= 11 is 0. The maximum Gasteiger partial charge on any atom is 0.311 e. The third-order valence-electron chi connectivity index (χ3n) is 3.72. The first-order valence-corrected chi connectivity index (χ1v) is 6.56. The molecule has 0 aromatic heterocycles. The van der Waals surface area contributed by atoms with Crippen LogP contribution in [0, 0.1) is 5.92 Å². The van der Waals surface area contributed by atoms with Gasteiger partial charge in [-0.25, -0.2) is 0 Å². The molecule has 0 saturated carbocycles. The summed E-state index contributed by atoms with van der Waals surface area (Å²) in [6, 6.07) is 13.8. The molecule has 1 amide bonds. The highest BCUT2D eigenvalue weighted by atomic mass is 16.5. The van der Waals surface area contributed by atoms with Crippen LogP contribution in [0.5, 0.6) is 0 Å². The van der Waals surface area contributed by atoms with Gasteiger partial charge >= 0.3 is 5.97 Å². The van der Waals surface area contributed by atoms with E-state index >= 15 is 0 Å². The Balaban J connectivity index is 2.00. The van der Waals surface area contributed by atoms with Crippen molar-refractivity contribution in [1.29, 1.82) is 0 Å². The number of carbonyl (C=O) groups is 2. The second-order valence-electron chi connectivity index (χ2n) is 4.93. The molecule has 102 valence electrons. The Bertz CT molecular complexity index is 675.